The van der Waals surface area contributed by atoms with E-state index in [1.807, 2.05) is 19.2 Å². The molecule has 1 heterocycles. The molecule has 1 aromatic rings. The maximum absolute atomic E-state index is 11.7. The van der Waals surface area contributed by atoms with Gasteiger partial charge in [0.25, 0.3) is 0 Å². The van der Waals surface area contributed by atoms with Crippen LogP contribution in [-0.4, -0.2) is 28.3 Å². The zero-order valence-corrected chi connectivity index (χ0v) is 11.5. The summed E-state index contributed by atoms with van der Waals surface area (Å²) in [6.45, 7) is 5.22. The van der Waals surface area contributed by atoms with Gasteiger partial charge in [0.15, 0.2) is 0 Å². The fourth-order valence-electron chi connectivity index (χ4n) is 1.57. The fourth-order valence-corrected chi connectivity index (χ4v) is 1.57. The molecule has 1 amide bonds. The van der Waals surface area contributed by atoms with Gasteiger partial charge in [-0.25, -0.2) is 0 Å². The van der Waals surface area contributed by atoms with Crippen molar-refractivity contribution in [2.45, 2.75) is 45.7 Å². The summed E-state index contributed by atoms with van der Waals surface area (Å²) in [5.41, 5.74) is 0. The van der Waals surface area contributed by atoms with Gasteiger partial charge in [-0.2, -0.15) is 10.4 Å². The maximum Gasteiger partial charge on any atom is 0.242 e. The van der Waals surface area contributed by atoms with E-state index in [0.717, 1.165) is 12.8 Å². The highest BCUT2D eigenvalue weighted by Crippen LogP contribution is 2.05. The standard InChI is InChI=1S/C13H21N5O/c1-3-8-15-13(19)11(2)16-12-6-10-18(17-12)9-5-4-7-14/h6,10-11H,3-5,8-9H2,1-2H3,(H,15,19)(H,16,17)/t11-/m0/s1. The lowest BCUT2D eigenvalue weighted by atomic mass is 10.3. The van der Waals surface area contributed by atoms with Gasteiger partial charge in [0, 0.05) is 31.8 Å². The Morgan fingerprint density at radius 3 is 3.11 bits per heavy atom. The Labute approximate surface area is 113 Å². The molecule has 0 unspecified atom stereocenters. The molecule has 0 aromatic carbocycles. The van der Waals surface area contributed by atoms with Crippen molar-refractivity contribution in [3.05, 3.63) is 12.3 Å². The summed E-state index contributed by atoms with van der Waals surface area (Å²) in [4.78, 5) is 11.7. The first-order chi connectivity index (χ1) is 9.17. The molecule has 0 radical (unpaired) electrons. The topological polar surface area (TPSA) is 82.7 Å². The van der Waals surface area contributed by atoms with Crippen molar-refractivity contribution in [2.75, 3.05) is 11.9 Å². The number of unbranched alkanes of at least 4 members (excludes halogenated alkanes) is 1. The second-order valence-electron chi connectivity index (χ2n) is 4.38. The predicted molar refractivity (Wildman–Crippen MR) is 73.5 cm³/mol. The van der Waals surface area contributed by atoms with Crippen LogP contribution in [0, 0.1) is 11.3 Å². The minimum absolute atomic E-state index is 0.0270. The van der Waals surface area contributed by atoms with Crippen molar-refractivity contribution in [2.24, 2.45) is 0 Å². The lowest BCUT2D eigenvalue weighted by Crippen LogP contribution is -2.38. The molecule has 0 spiro atoms. The largest absolute Gasteiger partial charge is 0.357 e. The van der Waals surface area contributed by atoms with Gasteiger partial charge >= 0.3 is 0 Å². The van der Waals surface area contributed by atoms with Crippen LogP contribution in [0.1, 0.15) is 33.1 Å². The number of aromatic nitrogens is 2. The average molecular weight is 263 g/mol. The van der Waals surface area contributed by atoms with Crippen molar-refractivity contribution in [1.29, 1.82) is 5.26 Å². The number of anilines is 1. The Morgan fingerprint density at radius 1 is 1.63 bits per heavy atom. The van der Waals surface area contributed by atoms with E-state index in [1.54, 1.807) is 11.6 Å². The first kappa shape index (κ1) is 15.0. The van der Waals surface area contributed by atoms with Gasteiger partial charge < -0.3 is 10.6 Å². The number of nitriles is 1. The van der Waals surface area contributed by atoms with E-state index < -0.39 is 0 Å². The molecule has 0 saturated heterocycles. The summed E-state index contributed by atoms with van der Waals surface area (Å²) in [6.07, 6.45) is 4.07. The molecule has 104 valence electrons. The molecule has 2 N–H and O–H groups in total. The van der Waals surface area contributed by atoms with E-state index in [1.165, 1.54) is 0 Å². The molecule has 1 atom stereocenters. The zero-order chi connectivity index (χ0) is 14.1. The van der Waals surface area contributed by atoms with Gasteiger partial charge in [0.2, 0.25) is 5.91 Å². The van der Waals surface area contributed by atoms with E-state index in [-0.39, 0.29) is 11.9 Å². The van der Waals surface area contributed by atoms with Crippen molar-refractivity contribution >= 4 is 11.7 Å². The third kappa shape index (κ3) is 5.42. The minimum atomic E-state index is -0.311. The molecule has 6 heteroatoms. The summed E-state index contributed by atoms with van der Waals surface area (Å²) >= 11 is 0. The molecule has 1 aromatic heterocycles. The van der Waals surface area contributed by atoms with Gasteiger partial charge in [-0.05, 0) is 19.8 Å². The fraction of sp³-hybridized carbons (Fsp3) is 0.615. The first-order valence-electron chi connectivity index (χ1n) is 6.62. The molecule has 0 aliphatic rings. The third-order valence-corrected chi connectivity index (χ3v) is 2.62. The molecule has 0 bridgehead atoms. The minimum Gasteiger partial charge on any atom is -0.357 e. The van der Waals surface area contributed by atoms with Crippen LogP contribution < -0.4 is 10.6 Å². The quantitative estimate of drug-likeness (QED) is 0.696. The second kappa shape index (κ2) is 8.14. The van der Waals surface area contributed by atoms with Crippen LogP contribution in [0.5, 0.6) is 0 Å². The Balaban J connectivity index is 2.40. The number of carbonyl (C=O) groups excluding carboxylic acids is 1. The predicted octanol–water partition coefficient (Wildman–Crippen LogP) is 1.51. The summed E-state index contributed by atoms with van der Waals surface area (Å²) in [7, 11) is 0. The average Bonchev–Trinajstić information content (AvgIpc) is 2.83. The van der Waals surface area contributed by atoms with Crippen LogP contribution in [0.25, 0.3) is 0 Å². The van der Waals surface area contributed by atoms with Crippen molar-refractivity contribution in [3.8, 4) is 6.07 Å². The molecule has 0 saturated carbocycles. The molecule has 0 fully saturated rings. The molecule has 0 aliphatic carbocycles. The molecule has 1 rings (SSSR count). The van der Waals surface area contributed by atoms with Crippen molar-refractivity contribution in [3.63, 3.8) is 0 Å². The van der Waals surface area contributed by atoms with Crippen molar-refractivity contribution in [1.82, 2.24) is 15.1 Å². The number of hydrogen-bond acceptors (Lipinski definition) is 4. The SMILES string of the molecule is CCCNC(=O)[C@H](C)Nc1ccn(CCCC#N)n1. The summed E-state index contributed by atoms with van der Waals surface area (Å²) < 4.78 is 1.77. The van der Waals surface area contributed by atoms with Crippen LogP contribution in [0.15, 0.2) is 12.3 Å². The molecule has 19 heavy (non-hydrogen) atoms. The van der Waals surface area contributed by atoms with E-state index in [0.29, 0.717) is 25.3 Å². The number of carbonyl (C=O) groups is 1. The zero-order valence-electron chi connectivity index (χ0n) is 11.5. The number of aryl methyl sites for hydroxylation is 1. The molecule has 0 aliphatic heterocycles. The molecular weight excluding hydrogens is 242 g/mol. The molecular formula is C13H21N5O. The summed E-state index contributed by atoms with van der Waals surface area (Å²) in [5, 5.41) is 18.6. The number of nitrogens with zero attached hydrogens (tertiary/aromatic N) is 3. The van der Waals surface area contributed by atoms with Gasteiger partial charge in [-0.15, -0.1) is 0 Å². The number of nitrogens with one attached hydrogen (secondary N) is 2. The van der Waals surface area contributed by atoms with E-state index in [4.69, 9.17) is 5.26 Å². The van der Waals surface area contributed by atoms with E-state index in [2.05, 4.69) is 21.8 Å². The van der Waals surface area contributed by atoms with E-state index in [9.17, 15) is 4.79 Å². The highest BCUT2D eigenvalue weighted by atomic mass is 16.2. The monoisotopic (exact) mass is 263 g/mol. The summed E-state index contributed by atoms with van der Waals surface area (Å²) in [5.74, 6) is 0.650. The van der Waals surface area contributed by atoms with Crippen LogP contribution in [-0.2, 0) is 11.3 Å². The van der Waals surface area contributed by atoms with Crippen LogP contribution in [0.3, 0.4) is 0 Å². The van der Waals surface area contributed by atoms with Gasteiger partial charge in [0.1, 0.15) is 11.9 Å². The molecule has 6 nitrogen and oxygen atoms in total. The normalized spacial score (nSPS) is 11.6. The Kier molecular flexibility index (Phi) is 6.44. The number of rotatable bonds is 8. The smallest absolute Gasteiger partial charge is 0.242 e. The van der Waals surface area contributed by atoms with Gasteiger partial charge in [-0.1, -0.05) is 6.92 Å². The summed E-state index contributed by atoms with van der Waals surface area (Å²) in [6, 6.07) is 3.62. The second-order valence-corrected chi connectivity index (χ2v) is 4.38. The highest BCUT2D eigenvalue weighted by Gasteiger charge is 2.12. The highest BCUT2D eigenvalue weighted by molar-refractivity contribution is 5.83. The lowest BCUT2D eigenvalue weighted by Gasteiger charge is -2.12. The van der Waals surface area contributed by atoms with Crippen LogP contribution >= 0.6 is 0 Å². The maximum atomic E-state index is 11.7. The Morgan fingerprint density at radius 2 is 2.42 bits per heavy atom. The van der Waals surface area contributed by atoms with Gasteiger partial charge in [0.05, 0.1) is 6.07 Å². The Hall–Kier alpha value is -2.03. The number of hydrogen-bond donors (Lipinski definition) is 2. The number of amides is 1. The van der Waals surface area contributed by atoms with Crippen LogP contribution in [0.4, 0.5) is 5.82 Å². The first-order valence-corrected chi connectivity index (χ1v) is 6.62. The third-order valence-electron chi connectivity index (χ3n) is 2.62. The van der Waals surface area contributed by atoms with Crippen LogP contribution in [0.2, 0.25) is 0 Å². The van der Waals surface area contributed by atoms with Gasteiger partial charge in [-0.3, -0.25) is 9.48 Å². The lowest BCUT2D eigenvalue weighted by molar-refractivity contribution is -0.121. The van der Waals surface area contributed by atoms with E-state index >= 15 is 0 Å². The Bertz CT molecular complexity index is 434. The van der Waals surface area contributed by atoms with Crippen molar-refractivity contribution < 1.29 is 4.79 Å².